The maximum Gasteiger partial charge on any atom is 0.0884 e. The molecule has 14 heavy (non-hydrogen) atoms. The van der Waals surface area contributed by atoms with Gasteiger partial charge in [0, 0.05) is 13.1 Å². The molecule has 2 nitrogen and oxygen atoms in total. The summed E-state index contributed by atoms with van der Waals surface area (Å²) in [6.07, 6.45) is 4.45. The summed E-state index contributed by atoms with van der Waals surface area (Å²) < 4.78 is 5.55. The molecule has 0 bridgehead atoms. The van der Waals surface area contributed by atoms with Crippen LogP contribution in [-0.4, -0.2) is 25.8 Å². The number of ether oxygens (including phenoxy) is 1. The lowest BCUT2D eigenvalue weighted by atomic mass is 10.2. The van der Waals surface area contributed by atoms with E-state index in [2.05, 4.69) is 29.6 Å². The van der Waals surface area contributed by atoms with Crippen LogP contribution in [-0.2, 0) is 4.74 Å². The summed E-state index contributed by atoms with van der Waals surface area (Å²) in [7, 11) is 0. The first kappa shape index (κ1) is 9.44. The van der Waals surface area contributed by atoms with Crippen molar-refractivity contribution in [1.29, 1.82) is 0 Å². The van der Waals surface area contributed by atoms with Crippen molar-refractivity contribution in [3.8, 4) is 0 Å². The fourth-order valence-electron chi connectivity index (χ4n) is 1.49. The van der Waals surface area contributed by atoms with Crippen LogP contribution in [0.2, 0.25) is 0 Å². The van der Waals surface area contributed by atoms with Crippen molar-refractivity contribution in [2.75, 3.05) is 19.7 Å². The van der Waals surface area contributed by atoms with Crippen molar-refractivity contribution in [2.45, 2.75) is 6.10 Å². The quantitative estimate of drug-likeness (QED) is 0.764. The largest absolute Gasteiger partial charge is 0.371 e. The van der Waals surface area contributed by atoms with E-state index in [-0.39, 0.29) is 6.10 Å². The van der Waals surface area contributed by atoms with E-state index >= 15 is 0 Å². The van der Waals surface area contributed by atoms with Crippen molar-refractivity contribution < 1.29 is 4.74 Å². The number of nitrogens with one attached hydrogen (secondary N) is 1. The van der Waals surface area contributed by atoms with E-state index in [0.717, 1.165) is 19.7 Å². The Balaban J connectivity index is 1.93. The van der Waals surface area contributed by atoms with Crippen LogP contribution in [0.25, 0.3) is 6.08 Å². The molecule has 1 heterocycles. The average molecular weight is 189 g/mol. The highest BCUT2D eigenvalue weighted by molar-refractivity contribution is 5.49. The molecule has 0 unspecified atom stereocenters. The molecule has 0 saturated carbocycles. The molecular weight excluding hydrogens is 174 g/mol. The van der Waals surface area contributed by atoms with E-state index in [9.17, 15) is 0 Å². The lowest BCUT2D eigenvalue weighted by Gasteiger charge is -2.20. The number of benzene rings is 1. The summed E-state index contributed by atoms with van der Waals surface area (Å²) >= 11 is 0. The van der Waals surface area contributed by atoms with E-state index in [0.29, 0.717) is 0 Å². The second kappa shape index (κ2) is 4.94. The maximum atomic E-state index is 5.55. The molecule has 1 aliphatic heterocycles. The first-order chi connectivity index (χ1) is 6.95. The second-order valence-electron chi connectivity index (χ2n) is 3.38. The Hall–Kier alpha value is -1.12. The van der Waals surface area contributed by atoms with Crippen LogP contribution in [0, 0.1) is 0 Å². The smallest absolute Gasteiger partial charge is 0.0884 e. The number of rotatable bonds is 2. The zero-order valence-corrected chi connectivity index (χ0v) is 8.15. The van der Waals surface area contributed by atoms with Gasteiger partial charge in [-0.3, -0.25) is 0 Å². The second-order valence-corrected chi connectivity index (χ2v) is 3.38. The molecule has 2 rings (SSSR count). The first-order valence-electron chi connectivity index (χ1n) is 5.01. The van der Waals surface area contributed by atoms with Crippen molar-refractivity contribution in [2.24, 2.45) is 0 Å². The van der Waals surface area contributed by atoms with Crippen molar-refractivity contribution >= 4 is 6.08 Å². The van der Waals surface area contributed by atoms with E-state index < -0.39 is 0 Å². The fraction of sp³-hybridized carbons (Fsp3) is 0.333. The minimum Gasteiger partial charge on any atom is -0.371 e. The predicted molar refractivity (Wildman–Crippen MR) is 58.1 cm³/mol. The molecule has 0 spiro atoms. The summed E-state index contributed by atoms with van der Waals surface area (Å²) in [5.41, 5.74) is 1.22. The van der Waals surface area contributed by atoms with E-state index in [1.54, 1.807) is 0 Å². The van der Waals surface area contributed by atoms with Crippen LogP contribution < -0.4 is 5.32 Å². The van der Waals surface area contributed by atoms with Gasteiger partial charge in [0.2, 0.25) is 0 Å². The Bertz CT molecular complexity index is 288. The number of hydrogen-bond donors (Lipinski definition) is 1. The summed E-state index contributed by atoms with van der Waals surface area (Å²) in [5.74, 6) is 0. The highest BCUT2D eigenvalue weighted by atomic mass is 16.5. The zero-order chi connectivity index (χ0) is 9.64. The molecule has 2 heteroatoms. The normalized spacial score (nSPS) is 22.7. The average Bonchev–Trinajstić information content (AvgIpc) is 2.29. The van der Waals surface area contributed by atoms with Crippen molar-refractivity contribution in [3.05, 3.63) is 42.0 Å². The number of morpholine rings is 1. The van der Waals surface area contributed by atoms with Gasteiger partial charge >= 0.3 is 0 Å². The molecule has 0 amide bonds. The summed E-state index contributed by atoms with van der Waals surface area (Å²) in [4.78, 5) is 0. The molecule has 1 aromatic rings. The Morgan fingerprint density at radius 2 is 2.14 bits per heavy atom. The third kappa shape index (κ3) is 2.69. The van der Waals surface area contributed by atoms with Crippen LogP contribution in [0.15, 0.2) is 36.4 Å². The highest BCUT2D eigenvalue weighted by Crippen LogP contribution is 2.04. The molecule has 0 aromatic heterocycles. The minimum absolute atomic E-state index is 0.226. The minimum atomic E-state index is 0.226. The van der Waals surface area contributed by atoms with E-state index in [1.807, 2.05) is 18.2 Å². The molecule has 1 N–H and O–H groups in total. The third-order valence-electron chi connectivity index (χ3n) is 2.26. The lowest BCUT2D eigenvalue weighted by Crippen LogP contribution is -2.37. The van der Waals surface area contributed by atoms with E-state index in [4.69, 9.17) is 4.74 Å². The van der Waals surface area contributed by atoms with Gasteiger partial charge < -0.3 is 10.1 Å². The molecule has 0 aliphatic carbocycles. The summed E-state index contributed by atoms with van der Waals surface area (Å²) in [6, 6.07) is 10.3. The van der Waals surface area contributed by atoms with Gasteiger partial charge in [0.1, 0.15) is 0 Å². The summed E-state index contributed by atoms with van der Waals surface area (Å²) in [6.45, 7) is 2.70. The SMILES string of the molecule is C(=C[C@@H]1CNCCO1)c1ccccc1. The number of hydrogen-bond acceptors (Lipinski definition) is 2. The van der Waals surface area contributed by atoms with Crippen LogP contribution in [0.1, 0.15) is 5.56 Å². The third-order valence-corrected chi connectivity index (χ3v) is 2.26. The molecule has 74 valence electrons. The fourth-order valence-corrected chi connectivity index (χ4v) is 1.49. The molecule has 1 aromatic carbocycles. The van der Waals surface area contributed by atoms with Gasteiger partial charge in [0.25, 0.3) is 0 Å². The summed E-state index contributed by atoms with van der Waals surface area (Å²) in [5, 5.41) is 3.29. The van der Waals surface area contributed by atoms with Crippen molar-refractivity contribution in [3.63, 3.8) is 0 Å². The molecule has 1 atom stereocenters. The van der Waals surface area contributed by atoms with Crippen LogP contribution >= 0.6 is 0 Å². The van der Waals surface area contributed by atoms with Gasteiger partial charge in [-0.05, 0) is 5.56 Å². The Morgan fingerprint density at radius 3 is 2.86 bits per heavy atom. The van der Waals surface area contributed by atoms with Crippen LogP contribution in [0.3, 0.4) is 0 Å². The molecular formula is C12H15NO. The van der Waals surface area contributed by atoms with Gasteiger partial charge in [-0.1, -0.05) is 42.5 Å². The maximum absolute atomic E-state index is 5.55. The Kier molecular flexibility index (Phi) is 3.33. The molecule has 1 fully saturated rings. The topological polar surface area (TPSA) is 21.3 Å². The molecule has 0 radical (unpaired) electrons. The van der Waals surface area contributed by atoms with Gasteiger partial charge in [-0.2, -0.15) is 0 Å². The standard InChI is InChI=1S/C12H15NO/c1-2-4-11(5-3-1)6-7-12-10-13-8-9-14-12/h1-7,12-13H,8-10H2/t12-/m1/s1. The van der Waals surface area contributed by atoms with Gasteiger partial charge in [-0.25, -0.2) is 0 Å². The van der Waals surface area contributed by atoms with Crippen LogP contribution in [0.4, 0.5) is 0 Å². The first-order valence-corrected chi connectivity index (χ1v) is 5.01. The zero-order valence-electron chi connectivity index (χ0n) is 8.15. The van der Waals surface area contributed by atoms with E-state index in [1.165, 1.54) is 5.56 Å². The Labute approximate surface area is 84.6 Å². The van der Waals surface area contributed by atoms with Gasteiger partial charge in [-0.15, -0.1) is 0 Å². The lowest BCUT2D eigenvalue weighted by molar-refractivity contribution is 0.0596. The molecule has 1 aliphatic rings. The Morgan fingerprint density at radius 1 is 1.29 bits per heavy atom. The predicted octanol–water partition coefficient (Wildman–Crippen LogP) is 1.69. The van der Waals surface area contributed by atoms with Crippen molar-refractivity contribution in [1.82, 2.24) is 5.32 Å². The molecule has 1 saturated heterocycles. The van der Waals surface area contributed by atoms with Gasteiger partial charge in [0.05, 0.1) is 12.7 Å². The highest BCUT2D eigenvalue weighted by Gasteiger charge is 2.08. The monoisotopic (exact) mass is 189 g/mol. The van der Waals surface area contributed by atoms with Crippen LogP contribution in [0.5, 0.6) is 0 Å². The van der Waals surface area contributed by atoms with Gasteiger partial charge in [0.15, 0.2) is 0 Å².